The molecule has 194 valence electrons. The minimum absolute atomic E-state index is 0.00157. The minimum atomic E-state index is -0.281. The van der Waals surface area contributed by atoms with Crippen LogP contribution in [0.2, 0.25) is 0 Å². The summed E-state index contributed by atoms with van der Waals surface area (Å²) in [4.78, 5) is 24.3. The molecule has 37 heavy (non-hydrogen) atoms. The van der Waals surface area contributed by atoms with Gasteiger partial charge in [-0.3, -0.25) is 9.59 Å². The highest BCUT2D eigenvalue weighted by Gasteiger charge is 2.39. The van der Waals surface area contributed by atoms with Gasteiger partial charge >= 0.3 is 0 Å². The number of hydrogen-bond donors (Lipinski definition) is 1. The van der Waals surface area contributed by atoms with Gasteiger partial charge in [-0.05, 0) is 104 Å². The molecule has 0 radical (unpaired) electrons. The maximum absolute atomic E-state index is 13.2. The first kappa shape index (κ1) is 26.9. The molecule has 3 nitrogen and oxygen atoms in total. The van der Waals surface area contributed by atoms with Crippen molar-refractivity contribution in [1.82, 2.24) is 0 Å². The molecule has 0 bridgehead atoms. The van der Waals surface area contributed by atoms with Gasteiger partial charge in [0, 0.05) is 18.8 Å². The van der Waals surface area contributed by atoms with Crippen LogP contribution >= 0.6 is 0 Å². The molecular weight excluding hydrogens is 454 g/mol. The van der Waals surface area contributed by atoms with Gasteiger partial charge in [0.05, 0.1) is 0 Å². The Labute approximate surface area is 222 Å². The van der Waals surface area contributed by atoms with E-state index in [1.165, 1.54) is 36.8 Å². The third kappa shape index (κ3) is 6.77. The molecule has 0 saturated heterocycles. The average Bonchev–Trinajstić information content (AvgIpc) is 3.32. The molecule has 0 aromatic heterocycles. The molecule has 2 aromatic rings. The molecule has 1 amide bonds. The Bertz CT molecular complexity index is 1200. The van der Waals surface area contributed by atoms with E-state index in [-0.39, 0.29) is 11.8 Å². The Morgan fingerprint density at radius 1 is 1.03 bits per heavy atom. The summed E-state index contributed by atoms with van der Waals surface area (Å²) in [5.41, 5.74) is 12.4. The van der Waals surface area contributed by atoms with Crippen molar-refractivity contribution in [3.05, 3.63) is 95.6 Å². The lowest BCUT2D eigenvalue weighted by atomic mass is 9.72. The second-order valence-electron chi connectivity index (χ2n) is 11.0. The number of benzene rings is 2. The zero-order chi connectivity index (χ0) is 26.4. The third-order valence-corrected chi connectivity index (χ3v) is 8.58. The molecule has 2 saturated carbocycles. The lowest BCUT2D eigenvalue weighted by molar-refractivity contribution is -0.119. The zero-order valence-electron chi connectivity index (χ0n) is 22.4. The Morgan fingerprint density at radius 3 is 2.43 bits per heavy atom. The van der Waals surface area contributed by atoms with Gasteiger partial charge in [0.25, 0.3) is 0 Å². The van der Waals surface area contributed by atoms with Gasteiger partial charge in [-0.1, -0.05) is 73.3 Å². The Hall–Kier alpha value is -3.20. The van der Waals surface area contributed by atoms with Crippen molar-refractivity contribution in [2.45, 2.75) is 71.1 Å². The number of hydrogen-bond acceptors (Lipinski definition) is 2. The maximum atomic E-state index is 13.2. The number of amides is 1. The van der Waals surface area contributed by atoms with Crippen LogP contribution in [-0.2, 0) is 16.0 Å². The highest BCUT2D eigenvalue weighted by Crippen LogP contribution is 2.46. The molecule has 4 rings (SSSR count). The number of aryl methyl sites for hydroxylation is 1. The minimum Gasteiger partial charge on any atom is -0.370 e. The van der Waals surface area contributed by atoms with Crippen LogP contribution in [0.1, 0.15) is 75.8 Å². The first-order valence-corrected chi connectivity index (χ1v) is 13.8. The van der Waals surface area contributed by atoms with Crippen LogP contribution in [0.5, 0.6) is 0 Å². The lowest BCUT2D eigenvalue weighted by Crippen LogP contribution is -2.21. The first-order valence-electron chi connectivity index (χ1n) is 13.8. The molecule has 2 fully saturated rings. The predicted molar refractivity (Wildman–Crippen MR) is 153 cm³/mol. The monoisotopic (exact) mass is 495 g/mol. The van der Waals surface area contributed by atoms with E-state index in [1.807, 2.05) is 19.1 Å². The number of nitrogens with two attached hydrogens (primary N) is 1. The van der Waals surface area contributed by atoms with E-state index in [1.54, 1.807) is 0 Å². The fourth-order valence-corrected chi connectivity index (χ4v) is 6.32. The summed E-state index contributed by atoms with van der Waals surface area (Å²) in [7, 11) is 0. The fourth-order valence-electron chi connectivity index (χ4n) is 6.32. The molecule has 2 aliphatic carbocycles. The van der Waals surface area contributed by atoms with Gasteiger partial charge in [-0.2, -0.15) is 0 Å². The number of carbonyl (C=O) groups is 2. The largest absolute Gasteiger partial charge is 0.370 e. The number of primary amides is 1. The molecule has 0 spiro atoms. The molecule has 0 aliphatic heterocycles. The summed E-state index contributed by atoms with van der Waals surface area (Å²) in [6, 6.07) is 16.8. The third-order valence-electron chi connectivity index (χ3n) is 8.58. The van der Waals surface area contributed by atoms with E-state index in [0.717, 1.165) is 28.7 Å². The van der Waals surface area contributed by atoms with E-state index < -0.39 is 0 Å². The van der Waals surface area contributed by atoms with Gasteiger partial charge in [0.1, 0.15) is 5.78 Å². The number of allylic oxidation sites excluding steroid dienone is 5. The number of carbonyl (C=O) groups excluding carboxylic acids is 2. The summed E-state index contributed by atoms with van der Waals surface area (Å²) in [6.45, 7) is 8.60. The summed E-state index contributed by atoms with van der Waals surface area (Å²) >= 11 is 0. The van der Waals surface area contributed by atoms with Crippen molar-refractivity contribution in [1.29, 1.82) is 0 Å². The highest BCUT2D eigenvalue weighted by atomic mass is 16.1. The quantitative estimate of drug-likeness (QED) is 0.362. The predicted octanol–water partition coefficient (Wildman–Crippen LogP) is 7.72. The average molecular weight is 496 g/mol. The standard InChI is InChI=1S/C34H41NO2/c1-4-5-8-23(2)24(3)26-14-16-27(17-15-26)31-21-32(33(36)22-31)30-12-7-11-29(20-30)28-10-6-9-25(19-28)13-18-34(35)37/h4-12,19-20,26-27,31-32H,3,13-18,21-22H2,1-2H3,(H2,35,37). The van der Waals surface area contributed by atoms with Crippen LogP contribution in [0.3, 0.4) is 0 Å². The molecule has 2 aromatic carbocycles. The summed E-state index contributed by atoms with van der Waals surface area (Å²) in [5.74, 6) is 1.82. The van der Waals surface area contributed by atoms with E-state index >= 15 is 0 Å². The van der Waals surface area contributed by atoms with Crippen LogP contribution in [0.25, 0.3) is 11.1 Å². The SMILES string of the molecule is C=C(C(C)=CC=CC)C1CCC(C2CC(=O)C(c3cccc(-c4cccc(CCC(N)=O)c4)c3)C2)CC1. The molecule has 0 heterocycles. The van der Waals surface area contributed by atoms with Crippen molar-refractivity contribution in [3.63, 3.8) is 0 Å². The van der Waals surface area contributed by atoms with E-state index in [9.17, 15) is 9.59 Å². The van der Waals surface area contributed by atoms with Crippen molar-refractivity contribution >= 4 is 11.7 Å². The molecule has 2 unspecified atom stereocenters. The number of rotatable bonds is 9. The highest BCUT2D eigenvalue weighted by molar-refractivity contribution is 5.88. The van der Waals surface area contributed by atoms with E-state index in [0.29, 0.717) is 42.8 Å². The number of Topliss-reactive ketones (excluding diaryl/α,β-unsaturated/α-hetero) is 1. The second kappa shape index (κ2) is 12.4. The normalized spacial score (nSPS) is 24.5. The molecule has 3 heteroatoms. The van der Waals surface area contributed by atoms with Crippen molar-refractivity contribution in [3.8, 4) is 11.1 Å². The Morgan fingerprint density at radius 2 is 1.73 bits per heavy atom. The molecular formula is C34H41NO2. The van der Waals surface area contributed by atoms with Crippen LogP contribution in [0, 0.1) is 17.8 Å². The molecule has 2 N–H and O–H groups in total. The first-order chi connectivity index (χ1) is 17.9. The smallest absolute Gasteiger partial charge is 0.217 e. The van der Waals surface area contributed by atoms with Crippen LogP contribution in [0.15, 0.2) is 84.5 Å². The van der Waals surface area contributed by atoms with Crippen molar-refractivity contribution in [2.24, 2.45) is 23.5 Å². The van der Waals surface area contributed by atoms with Gasteiger partial charge in [-0.15, -0.1) is 0 Å². The van der Waals surface area contributed by atoms with Crippen LogP contribution in [-0.4, -0.2) is 11.7 Å². The van der Waals surface area contributed by atoms with E-state index in [4.69, 9.17) is 5.73 Å². The summed E-state index contributed by atoms with van der Waals surface area (Å²) in [5, 5.41) is 0. The van der Waals surface area contributed by atoms with Crippen molar-refractivity contribution < 1.29 is 9.59 Å². The van der Waals surface area contributed by atoms with E-state index in [2.05, 4.69) is 68.1 Å². The fraction of sp³-hybridized carbons (Fsp3) is 0.412. The summed E-state index contributed by atoms with van der Waals surface area (Å²) in [6.07, 6.45) is 13.8. The van der Waals surface area contributed by atoms with Gasteiger partial charge in [-0.25, -0.2) is 0 Å². The van der Waals surface area contributed by atoms with Gasteiger partial charge in [0.15, 0.2) is 0 Å². The Kier molecular flexibility index (Phi) is 8.97. The van der Waals surface area contributed by atoms with Gasteiger partial charge in [0.2, 0.25) is 5.91 Å². The van der Waals surface area contributed by atoms with Crippen LogP contribution in [0.4, 0.5) is 0 Å². The lowest BCUT2D eigenvalue weighted by Gasteiger charge is -2.33. The summed E-state index contributed by atoms with van der Waals surface area (Å²) < 4.78 is 0. The second-order valence-corrected chi connectivity index (χ2v) is 11.0. The zero-order valence-corrected chi connectivity index (χ0v) is 22.4. The van der Waals surface area contributed by atoms with Crippen molar-refractivity contribution in [2.75, 3.05) is 0 Å². The topological polar surface area (TPSA) is 60.2 Å². The maximum Gasteiger partial charge on any atom is 0.217 e. The van der Waals surface area contributed by atoms with Gasteiger partial charge < -0.3 is 5.73 Å². The number of ketones is 1. The molecule has 2 atom stereocenters. The van der Waals surface area contributed by atoms with Crippen LogP contribution < -0.4 is 5.73 Å². The Balaban J connectivity index is 1.39. The molecule has 2 aliphatic rings.